The lowest BCUT2D eigenvalue weighted by Crippen LogP contribution is -2.30. The number of amides is 1. The predicted molar refractivity (Wildman–Crippen MR) is 69.0 cm³/mol. The summed E-state index contributed by atoms with van der Waals surface area (Å²) in [6, 6.07) is 6.33. The number of benzene rings is 1. The Bertz CT molecular complexity index is 524. The van der Waals surface area contributed by atoms with Gasteiger partial charge in [0.25, 0.3) is 5.91 Å². The molecule has 6 nitrogen and oxygen atoms in total. The standard InChI is InChI=1S/C11H16N2O4S/c1-8(11(12)14)17-10-6-4-9(5-7-10)13(2)18(3,15)16/h4-8H,1-3H3,(H2,12,14)/t8-/m1/s1. The summed E-state index contributed by atoms with van der Waals surface area (Å²) >= 11 is 0. The molecule has 0 aliphatic carbocycles. The van der Waals surface area contributed by atoms with Gasteiger partial charge in [0.05, 0.1) is 11.9 Å². The van der Waals surface area contributed by atoms with Crippen LogP contribution in [0.15, 0.2) is 24.3 Å². The third-order valence-electron chi connectivity index (χ3n) is 2.41. The summed E-state index contributed by atoms with van der Waals surface area (Å²) in [6.07, 6.45) is 0.385. The predicted octanol–water partition coefficient (Wildman–Crippen LogP) is 0.335. The van der Waals surface area contributed by atoms with Gasteiger partial charge >= 0.3 is 0 Å². The smallest absolute Gasteiger partial charge is 0.258 e. The van der Waals surface area contributed by atoms with E-state index >= 15 is 0 Å². The molecule has 1 atom stereocenters. The average Bonchev–Trinajstić information content (AvgIpc) is 2.27. The highest BCUT2D eigenvalue weighted by Crippen LogP contribution is 2.20. The minimum atomic E-state index is -3.29. The molecule has 1 rings (SSSR count). The zero-order valence-corrected chi connectivity index (χ0v) is 11.3. The molecule has 1 aromatic rings. The van der Waals surface area contributed by atoms with E-state index in [4.69, 9.17) is 10.5 Å². The number of carbonyl (C=O) groups is 1. The Hall–Kier alpha value is -1.76. The van der Waals surface area contributed by atoms with Gasteiger partial charge in [-0.25, -0.2) is 8.42 Å². The Morgan fingerprint density at radius 1 is 1.33 bits per heavy atom. The van der Waals surface area contributed by atoms with Gasteiger partial charge < -0.3 is 10.5 Å². The monoisotopic (exact) mass is 272 g/mol. The molecule has 7 heteroatoms. The van der Waals surface area contributed by atoms with Crippen LogP contribution in [0.2, 0.25) is 0 Å². The second kappa shape index (κ2) is 5.26. The number of nitrogens with two attached hydrogens (primary N) is 1. The Labute approximate surface area is 106 Å². The topological polar surface area (TPSA) is 89.7 Å². The minimum absolute atomic E-state index is 0.451. The number of anilines is 1. The average molecular weight is 272 g/mol. The molecular formula is C11H16N2O4S. The first-order valence-electron chi connectivity index (χ1n) is 5.21. The lowest BCUT2D eigenvalue weighted by molar-refractivity contribution is -0.123. The number of hydrogen-bond acceptors (Lipinski definition) is 4. The van der Waals surface area contributed by atoms with Crippen LogP contribution in [-0.2, 0) is 14.8 Å². The van der Waals surface area contributed by atoms with Crippen LogP contribution in [-0.4, -0.2) is 33.7 Å². The summed E-state index contributed by atoms with van der Waals surface area (Å²) in [5.74, 6) is -0.112. The van der Waals surface area contributed by atoms with Crippen molar-refractivity contribution in [3.05, 3.63) is 24.3 Å². The molecule has 0 aliphatic rings. The zero-order chi connectivity index (χ0) is 13.9. The van der Waals surface area contributed by atoms with Crippen molar-refractivity contribution in [1.29, 1.82) is 0 Å². The van der Waals surface area contributed by atoms with Crippen LogP contribution in [0, 0.1) is 0 Å². The molecule has 18 heavy (non-hydrogen) atoms. The fourth-order valence-corrected chi connectivity index (χ4v) is 1.69. The molecule has 0 radical (unpaired) electrons. The second-order valence-corrected chi connectivity index (χ2v) is 5.90. The molecule has 0 heterocycles. The number of carbonyl (C=O) groups excluding carboxylic acids is 1. The summed E-state index contributed by atoms with van der Waals surface area (Å²) in [5, 5.41) is 0. The van der Waals surface area contributed by atoms with Crippen LogP contribution in [0.25, 0.3) is 0 Å². The fraction of sp³-hybridized carbons (Fsp3) is 0.364. The summed E-state index contributed by atoms with van der Waals surface area (Å²) in [7, 11) is -1.83. The molecule has 0 aliphatic heterocycles. The van der Waals surface area contributed by atoms with E-state index in [9.17, 15) is 13.2 Å². The van der Waals surface area contributed by atoms with Crippen LogP contribution in [0.1, 0.15) is 6.92 Å². The van der Waals surface area contributed by atoms with Crippen LogP contribution in [0.3, 0.4) is 0 Å². The van der Waals surface area contributed by atoms with E-state index < -0.39 is 22.0 Å². The number of rotatable bonds is 5. The maximum Gasteiger partial charge on any atom is 0.258 e. The van der Waals surface area contributed by atoms with Crippen molar-refractivity contribution in [3.63, 3.8) is 0 Å². The van der Waals surface area contributed by atoms with Crippen molar-refractivity contribution in [2.45, 2.75) is 13.0 Å². The zero-order valence-electron chi connectivity index (χ0n) is 10.5. The first-order chi connectivity index (χ1) is 8.21. The fourth-order valence-electron chi connectivity index (χ4n) is 1.19. The first kappa shape index (κ1) is 14.3. The van der Waals surface area contributed by atoms with Gasteiger partial charge in [0, 0.05) is 7.05 Å². The van der Waals surface area contributed by atoms with E-state index in [-0.39, 0.29) is 0 Å². The van der Waals surface area contributed by atoms with E-state index in [2.05, 4.69) is 0 Å². The third-order valence-corrected chi connectivity index (χ3v) is 3.62. The Balaban J connectivity index is 2.84. The van der Waals surface area contributed by atoms with Crippen molar-refractivity contribution in [3.8, 4) is 5.75 Å². The Morgan fingerprint density at radius 2 is 1.83 bits per heavy atom. The molecule has 2 N–H and O–H groups in total. The molecule has 0 saturated carbocycles. The molecule has 0 bridgehead atoms. The highest BCUT2D eigenvalue weighted by molar-refractivity contribution is 7.92. The van der Waals surface area contributed by atoms with Gasteiger partial charge in [-0.3, -0.25) is 9.10 Å². The van der Waals surface area contributed by atoms with Gasteiger partial charge in [-0.05, 0) is 31.2 Å². The maximum atomic E-state index is 11.3. The van der Waals surface area contributed by atoms with Crippen LogP contribution < -0.4 is 14.8 Å². The molecule has 0 saturated heterocycles. The second-order valence-electron chi connectivity index (χ2n) is 3.89. The first-order valence-corrected chi connectivity index (χ1v) is 7.06. The van der Waals surface area contributed by atoms with Crippen LogP contribution in [0.5, 0.6) is 5.75 Å². The van der Waals surface area contributed by atoms with Crippen molar-refractivity contribution in [2.75, 3.05) is 17.6 Å². The molecule has 100 valence electrons. The largest absolute Gasteiger partial charge is 0.481 e. The quantitative estimate of drug-likeness (QED) is 0.836. The van der Waals surface area contributed by atoms with Gasteiger partial charge in [-0.2, -0.15) is 0 Å². The van der Waals surface area contributed by atoms with E-state index in [0.29, 0.717) is 11.4 Å². The van der Waals surface area contributed by atoms with Gasteiger partial charge in [0.2, 0.25) is 10.0 Å². The molecule has 0 aromatic heterocycles. The Kier molecular flexibility index (Phi) is 4.18. The van der Waals surface area contributed by atoms with E-state index in [1.165, 1.54) is 7.05 Å². The molecule has 1 amide bonds. The lowest BCUT2D eigenvalue weighted by atomic mass is 10.3. The normalized spacial score (nSPS) is 12.8. The van der Waals surface area contributed by atoms with Crippen LogP contribution >= 0.6 is 0 Å². The molecule has 0 spiro atoms. The summed E-state index contributed by atoms with van der Waals surface area (Å²) in [4.78, 5) is 10.8. The van der Waals surface area contributed by atoms with Gasteiger partial charge in [0.1, 0.15) is 5.75 Å². The third kappa shape index (κ3) is 3.63. The maximum absolute atomic E-state index is 11.3. The number of hydrogen-bond donors (Lipinski definition) is 1. The van der Waals surface area contributed by atoms with Crippen molar-refractivity contribution >= 4 is 21.6 Å². The number of sulfonamides is 1. The summed E-state index contributed by atoms with van der Waals surface area (Å²) in [5.41, 5.74) is 5.58. The number of primary amides is 1. The lowest BCUT2D eigenvalue weighted by Gasteiger charge is -2.17. The SMILES string of the molecule is C[C@@H](Oc1ccc(N(C)S(C)(=O)=O)cc1)C(N)=O. The molecule has 0 unspecified atom stereocenters. The minimum Gasteiger partial charge on any atom is -0.481 e. The van der Waals surface area contributed by atoms with Gasteiger partial charge in [-0.15, -0.1) is 0 Å². The molecule has 0 fully saturated rings. The van der Waals surface area contributed by atoms with E-state index in [0.717, 1.165) is 10.6 Å². The highest BCUT2D eigenvalue weighted by Gasteiger charge is 2.13. The van der Waals surface area contributed by atoms with E-state index in [1.807, 2.05) is 0 Å². The van der Waals surface area contributed by atoms with Gasteiger partial charge in [-0.1, -0.05) is 0 Å². The summed E-state index contributed by atoms with van der Waals surface area (Å²) < 4.78 is 29.0. The van der Waals surface area contributed by atoms with Gasteiger partial charge in [0.15, 0.2) is 6.10 Å². The van der Waals surface area contributed by atoms with Crippen molar-refractivity contribution in [1.82, 2.24) is 0 Å². The Morgan fingerprint density at radius 3 is 2.22 bits per heavy atom. The van der Waals surface area contributed by atoms with Crippen molar-refractivity contribution in [2.24, 2.45) is 5.73 Å². The summed E-state index contributed by atoms with van der Waals surface area (Å²) in [6.45, 7) is 1.54. The highest BCUT2D eigenvalue weighted by atomic mass is 32.2. The van der Waals surface area contributed by atoms with E-state index in [1.54, 1.807) is 31.2 Å². The molecule has 1 aromatic carbocycles. The number of ether oxygens (including phenoxy) is 1. The number of nitrogens with zero attached hydrogens (tertiary/aromatic N) is 1. The molecular weight excluding hydrogens is 256 g/mol. The van der Waals surface area contributed by atoms with Crippen molar-refractivity contribution < 1.29 is 17.9 Å². The van der Waals surface area contributed by atoms with Crippen LogP contribution in [0.4, 0.5) is 5.69 Å².